The third kappa shape index (κ3) is 3.18. The average Bonchev–Trinajstić information content (AvgIpc) is 2.86. The van der Waals surface area contributed by atoms with Crippen LogP contribution >= 0.6 is 11.3 Å². The average molecular weight is 292 g/mol. The van der Waals surface area contributed by atoms with Crippen LogP contribution in [-0.2, 0) is 0 Å². The fraction of sp³-hybridized carbons (Fsp3) is 0.267. The Kier molecular flexibility index (Phi) is 4.42. The smallest absolute Gasteiger partial charge is 0.336 e. The lowest BCUT2D eigenvalue weighted by molar-refractivity contribution is 0.0692. The molecule has 0 amide bonds. The number of hydrogen-bond donors (Lipinski definition) is 2. The van der Waals surface area contributed by atoms with Crippen molar-refractivity contribution in [1.29, 1.82) is 0 Å². The number of aliphatic hydroxyl groups is 1. The fourth-order valence-electron chi connectivity index (χ4n) is 1.89. The molecule has 106 valence electrons. The van der Waals surface area contributed by atoms with E-state index in [0.29, 0.717) is 16.2 Å². The number of carbonyl (C=O) groups is 1. The Morgan fingerprint density at radius 1 is 1.30 bits per heavy atom. The van der Waals surface area contributed by atoms with Gasteiger partial charge in [0.2, 0.25) is 0 Å². The normalized spacial score (nSPS) is 12.4. The van der Waals surface area contributed by atoms with E-state index in [1.165, 1.54) is 17.4 Å². The van der Waals surface area contributed by atoms with Crippen molar-refractivity contribution in [2.24, 2.45) is 0 Å². The van der Waals surface area contributed by atoms with Crippen LogP contribution in [0, 0.1) is 0 Å². The lowest BCUT2D eigenvalue weighted by atomic mass is 10.1. The first-order chi connectivity index (χ1) is 9.49. The third-order valence-corrected chi connectivity index (χ3v) is 3.69. The van der Waals surface area contributed by atoms with Gasteiger partial charge in [-0.2, -0.15) is 0 Å². The molecule has 0 bridgehead atoms. The molecule has 2 aromatic rings. The highest BCUT2D eigenvalue weighted by Crippen LogP contribution is 2.31. The number of hydrogen-bond acceptors (Lipinski definition) is 4. The zero-order valence-electron chi connectivity index (χ0n) is 11.2. The summed E-state index contributed by atoms with van der Waals surface area (Å²) < 4.78 is 5.58. The van der Waals surface area contributed by atoms with Gasteiger partial charge in [0.1, 0.15) is 11.9 Å². The summed E-state index contributed by atoms with van der Waals surface area (Å²) in [5.41, 5.74) is 0.755. The first-order valence-corrected chi connectivity index (χ1v) is 7.12. The molecule has 5 heteroatoms. The number of thiophene rings is 1. The molecule has 2 N–H and O–H groups in total. The van der Waals surface area contributed by atoms with Crippen molar-refractivity contribution in [3.05, 3.63) is 51.7 Å². The Bertz CT molecular complexity index is 603. The molecule has 1 aromatic heterocycles. The van der Waals surface area contributed by atoms with Gasteiger partial charge in [0.15, 0.2) is 0 Å². The number of carboxylic acid groups (broad SMARTS) is 1. The maximum absolute atomic E-state index is 11.1. The number of carboxylic acids is 1. The molecule has 0 radical (unpaired) electrons. The van der Waals surface area contributed by atoms with Gasteiger partial charge < -0.3 is 14.9 Å². The molecule has 0 aliphatic carbocycles. The Labute approximate surface area is 121 Å². The van der Waals surface area contributed by atoms with Crippen LogP contribution in [0.2, 0.25) is 0 Å². The van der Waals surface area contributed by atoms with E-state index in [-0.39, 0.29) is 11.7 Å². The Morgan fingerprint density at radius 2 is 2.05 bits per heavy atom. The van der Waals surface area contributed by atoms with Gasteiger partial charge in [-0.1, -0.05) is 12.1 Å². The number of aliphatic hydroxyl groups excluding tert-OH is 1. The Morgan fingerprint density at radius 3 is 2.70 bits per heavy atom. The molecule has 1 heterocycles. The van der Waals surface area contributed by atoms with Crippen LogP contribution in [0.4, 0.5) is 0 Å². The van der Waals surface area contributed by atoms with Crippen molar-refractivity contribution in [3.63, 3.8) is 0 Å². The van der Waals surface area contributed by atoms with Crippen molar-refractivity contribution in [1.82, 2.24) is 0 Å². The second kappa shape index (κ2) is 6.07. The summed E-state index contributed by atoms with van der Waals surface area (Å²) in [4.78, 5) is 11.5. The van der Waals surface area contributed by atoms with E-state index in [9.17, 15) is 9.90 Å². The van der Waals surface area contributed by atoms with Crippen LogP contribution < -0.4 is 4.74 Å². The standard InChI is InChI=1S/C15H16O4S/c1-9(2)19-11-5-3-4-10(8-11)13(16)14-12(15(17)18)6-7-20-14/h3-9,13,16H,1-2H3,(H,17,18). The lowest BCUT2D eigenvalue weighted by Gasteiger charge is -2.14. The van der Waals surface area contributed by atoms with E-state index in [1.807, 2.05) is 19.9 Å². The summed E-state index contributed by atoms with van der Waals surface area (Å²) in [6.07, 6.45) is -0.921. The van der Waals surface area contributed by atoms with Gasteiger partial charge >= 0.3 is 5.97 Å². The molecular formula is C15H16O4S. The van der Waals surface area contributed by atoms with Crippen LogP contribution in [0.1, 0.15) is 40.8 Å². The summed E-state index contributed by atoms with van der Waals surface area (Å²) in [5, 5.41) is 21.1. The van der Waals surface area contributed by atoms with Crippen molar-refractivity contribution < 1.29 is 19.7 Å². The quantitative estimate of drug-likeness (QED) is 0.887. The van der Waals surface area contributed by atoms with Crippen LogP contribution in [0.3, 0.4) is 0 Å². The molecule has 0 fully saturated rings. The van der Waals surface area contributed by atoms with Crippen molar-refractivity contribution in [2.75, 3.05) is 0 Å². The maximum Gasteiger partial charge on any atom is 0.336 e. The first kappa shape index (κ1) is 14.6. The number of ether oxygens (including phenoxy) is 1. The molecule has 1 atom stereocenters. The van der Waals surface area contributed by atoms with Gasteiger partial charge in [-0.15, -0.1) is 11.3 Å². The van der Waals surface area contributed by atoms with Crippen LogP contribution in [0.15, 0.2) is 35.7 Å². The monoisotopic (exact) mass is 292 g/mol. The highest BCUT2D eigenvalue weighted by molar-refractivity contribution is 7.10. The predicted molar refractivity (Wildman–Crippen MR) is 77.5 cm³/mol. The number of aromatic carboxylic acids is 1. The molecule has 1 aromatic carbocycles. The maximum atomic E-state index is 11.1. The van der Waals surface area contributed by atoms with Crippen molar-refractivity contribution >= 4 is 17.3 Å². The van der Waals surface area contributed by atoms with Gasteiger partial charge in [0.05, 0.1) is 16.5 Å². The van der Waals surface area contributed by atoms with Gasteiger partial charge in [-0.05, 0) is 43.0 Å². The minimum Gasteiger partial charge on any atom is -0.491 e. The molecular weight excluding hydrogens is 276 g/mol. The van der Waals surface area contributed by atoms with E-state index in [2.05, 4.69) is 0 Å². The molecule has 1 unspecified atom stereocenters. The first-order valence-electron chi connectivity index (χ1n) is 6.24. The minimum absolute atomic E-state index is 0.0405. The highest BCUT2D eigenvalue weighted by Gasteiger charge is 2.20. The van der Waals surface area contributed by atoms with Crippen molar-refractivity contribution in [2.45, 2.75) is 26.1 Å². The summed E-state index contributed by atoms with van der Waals surface area (Å²) in [7, 11) is 0. The van der Waals surface area contributed by atoms with Gasteiger partial charge in [0.25, 0.3) is 0 Å². The zero-order chi connectivity index (χ0) is 14.7. The van der Waals surface area contributed by atoms with E-state index < -0.39 is 12.1 Å². The molecule has 0 spiro atoms. The largest absolute Gasteiger partial charge is 0.491 e. The van der Waals surface area contributed by atoms with Crippen LogP contribution in [0.25, 0.3) is 0 Å². The number of benzene rings is 1. The SMILES string of the molecule is CC(C)Oc1cccc(C(O)c2sccc2C(=O)O)c1. The zero-order valence-corrected chi connectivity index (χ0v) is 12.1. The molecule has 0 saturated heterocycles. The van der Waals surface area contributed by atoms with E-state index in [0.717, 1.165) is 0 Å². The summed E-state index contributed by atoms with van der Waals surface area (Å²) in [6, 6.07) is 8.58. The second-order valence-corrected chi connectivity index (χ2v) is 5.59. The summed E-state index contributed by atoms with van der Waals surface area (Å²) in [5.74, 6) is -0.375. The molecule has 0 aliphatic heterocycles. The lowest BCUT2D eigenvalue weighted by Crippen LogP contribution is -2.07. The second-order valence-electron chi connectivity index (χ2n) is 4.65. The summed E-state index contributed by atoms with van der Waals surface area (Å²) >= 11 is 1.23. The highest BCUT2D eigenvalue weighted by atomic mass is 32.1. The van der Waals surface area contributed by atoms with E-state index in [1.54, 1.807) is 23.6 Å². The molecule has 20 heavy (non-hydrogen) atoms. The van der Waals surface area contributed by atoms with Gasteiger partial charge in [-0.25, -0.2) is 4.79 Å². The third-order valence-electron chi connectivity index (χ3n) is 2.72. The summed E-state index contributed by atoms with van der Waals surface area (Å²) in [6.45, 7) is 3.84. The predicted octanol–water partition coefficient (Wildman–Crippen LogP) is 3.32. The molecule has 0 aliphatic rings. The Balaban J connectivity index is 2.31. The fourth-order valence-corrected chi connectivity index (χ4v) is 2.79. The number of rotatable bonds is 5. The Hall–Kier alpha value is -1.85. The van der Waals surface area contributed by atoms with Crippen LogP contribution in [-0.4, -0.2) is 22.3 Å². The van der Waals surface area contributed by atoms with E-state index in [4.69, 9.17) is 9.84 Å². The minimum atomic E-state index is -1.03. The molecule has 2 rings (SSSR count). The molecule has 4 nitrogen and oxygen atoms in total. The van der Waals surface area contributed by atoms with Gasteiger partial charge in [0, 0.05) is 0 Å². The van der Waals surface area contributed by atoms with Gasteiger partial charge in [-0.3, -0.25) is 0 Å². The molecule has 0 saturated carbocycles. The topological polar surface area (TPSA) is 66.8 Å². The van der Waals surface area contributed by atoms with Crippen molar-refractivity contribution in [3.8, 4) is 5.75 Å². The van der Waals surface area contributed by atoms with E-state index >= 15 is 0 Å². The van der Waals surface area contributed by atoms with Crippen LogP contribution in [0.5, 0.6) is 5.75 Å².